The molecule has 1 N–H and O–H groups in total. The van der Waals surface area contributed by atoms with Gasteiger partial charge >= 0.3 is 0 Å². The van der Waals surface area contributed by atoms with E-state index in [1.165, 1.54) is 0 Å². The molecule has 0 bridgehead atoms. The van der Waals surface area contributed by atoms with Gasteiger partial charge in [-0.2, -0.15) is 5.10 Å². The zero-order valence-electron chi connectivity index (χ0n) is 15.0. The lowest BCUT2D eigenvalue weighted by atomic mass is 10.2. The molecule has 3 aromatic heterocycles. The van der Waals surface area contributed by atoms with Gasteiger partial charge in [-0.05, 0) is 33.3 Å². The van der Waals surface area contributed by atoms with Crippen molar-refractivity contribution in [3.63, 3.8) is 0 Å². The van der Waals surface area contributed by atoms with E-state index < -0.39 is 0 Å². The molecule has 1 aliphatic heterocycles. The van der Waals surface area contributed by atoms with Gasteiger partial charge in [-0.15, -0.1) is 0 Å². The van der Waals surface area contributed by atoms with Crippen molar-refractivity contribution in [2.75, 3.05) is 13.7 Å². The van der Waals surface area contributed by atoms with Gasteiger partial charge in [-0.3, -0.25) is 14.4 Å². The first-order chi connectivity index (χ1) is 12.0. The molecule has 1 saturated heterocycles. The Bertz CT molecular complexity index is 900. The van der Waals surface area contributed by atoms with E-state index in [2.05, 4.69) is 47.4 Å². The molecule has 0 saturated carbocycles. The van der Waals surface area contributed by atoms with E-state index in [1.54, 1.807) is 7.11 Å². The highest BCUT2D eigenvalue weighted by Crippen LogP contribution is 2.33. The van der Waals surface area contributed by atoms with Crippen LogP contribution in [0.4, 0.5) is 0 Å². The average Bonchev–Trinajstić information content (AvgIpc) is 3.26. The maximum Gasteiger partial charge on any atom is 0.234 e. The summed E-state index contributed by atoms with van der Waals surface area (Å²) in [4.78, 5) is 15.9. The maximum absolute atomic E-state index is 5.60. The molecular weight excluding hydrogens is 318 g/mol. The Balaban J connectivity index is 1.66. The number of aromatic nitrogens is 6. The molecule has 25 heavy (non-hydrogen) atoms. The Kier molecular flexibility index (Phi) is 4.01. The smallest absolute Gasteiger partial charge is 0.234 e. The molecule has 4 heterocycles. The van der Waals surface area contributed by atoms with E-state index in [0.29, 0.717) is 0 Å². The van der Waals surface area contributed by atoms with Crippen molar-refractivity contribution >= 4 is 5.78 Å². The van der Waals surface area contributed by atoms with Crippen LogP contribution >= 0.6 is 0 Å². The van der Waals surface area contributed by atoms with Crippen LogP contribution in [0.1, 0.15) is 41.2 Å². The summed E-state index contributed by atoms with van der Waals surface area (Å²) in [5.74, 6) is 2.41. The van der Waals surface area contributed by atoms with Crippen molar-refractivity contribution in [3.8, 4) is 0 Å². The zero-order chi connectivity index (χ0) is 17.6. The highest BCUT2D eigenvalue weighted by molar-refractivity contribution is 5.35. The first kappa shape index (κ1) is 16.2. The largest absolute Gasteiger partial charge is 0.380 e. The van der Waals surface area contributed by atoms with Crippen LogP contribution in [0.25, 0.3) is 5.78 Å². The fourth-order valence-corrected chi connectivity index (χ4v) is 3.70. The van der Waals surface area contributed by atoms with Gasteiger partial charge < -0.3 is 4.74 Å². The van der Waals surface area contributed by atoms with Crippen molar-refractivity contribution in [2.45, 2.75) is 45.9 Å². The standard InChI is InChI=1S/C17H23N7O/c1-10-5-11(2)24-13(7-18-17(24)19-10)8-23-9-14(25-4)6-15(23)16-20-12(3)21-22-16/h5,7,14-15H,6,8-9H2,1-4H3,(H,20,21,22)/t14-,15+/m1/s1. The molecule has 8 heteroatoms. The first-order valence-electron chi connectivity index (χ1n) is 8.51. The van der Waals surface area contributed by atoms with Crippen molar-refractivity contribution in [1.82, 2.24) is 34.4 Å². The lowest BCUT2D eigenvalue weighted by Gasteiger charge is -2.21. The number of nitrogens with one attached hydrogen (secondary N) is 1. The van der Waals surface area contributed by atoms with Crippen molar-refractivity contribution < 1.29 is 4.74 Å². The van der Waals surface area contributed by atoms with Crippen LogP contribution in [0.5, 0.6) is 0 Å². The lowest BCUT2D eigenvalue weighted by molar-refractivity contribution is 0.107. The van der Waals surface area contributed by atoms with E-state index in [-0.39, 0.29) is 12.1 Å². The molecule has 1 aliphatic rings. The highest BCUT2D eigenvalue weighted by Gasteiger charge is 2.36. The topological polar surface area (TPSA) is 84.2 Å². The van der Waals surface area contributed by atoms with Gasteiger partial charge in [0.25, 0.3) is 0 Å². The Labute approximate surface area is 146 Å². The van der Waals surface area contributed by atoms with E-state index in [4.69, 9.17) is 4.74 Å². The molecule has 3 aromatic rings. The molecule has 0 aliphatic carbocycles. The number of hydrogen-bond acceptors (Lipinski definition) is 6. The third-order valence-electron chi connectivity index (χ3n) is 4.84. The number of aromatic amines is 1. The third kappa shape index (κ3) is 2.91. The number of nitrogens with zero attached hydrogens (tertiary/aromatic N) is 6. The monoisotopic (exact) mass is 341 g/mol. The summed E-state index contributed by atoms with van der Waals surface area (Å²) in [6, 6.07) is 2.22. The number of ether oxygens (including phenoxy) is 1. The second-order valence-corrected chi connectivity index (χ2v) is 6.74. The summed E-state index contributed by atoms with van der Waals surface area (Å²) in [5.41, 5.74) is 3.24. The SMILES string of the molecule is CO[C@@H]1C[C@@H](c2n[nH]c(C)n2)N(Cc2cnc3nc(C)cc(C)n23)C1. The van der Waals surface area contributed by atoms with E-state index >= 15 is 0 Å². The number of fused-ring (bicyclic) bond motifs is 1. The van der Waals surface area contributed by atoms with Gasteiger partial charge in [-0.25, -0.2) is 15.0 Å². The third-order valence-corrected chi connectivity index (χ3v) is 4.84. The van der Waals surface area contributed by atoms with Crippen molar-refractivity contribution in [1.29, 1.82) is 0 Å². The minimum atomic E-state index is 0.138. The van der Waals surface area contributed by atoms with Crippen LogP contribution in [0.2, 0.25) is 0 Å². The molecule has 0 amide bonds. The Morgan fingerprint density at radius 3 is 2.84 bits per heavy atom. The van der Waals surface area contributed by atoms with Crippen LogP contribution in [0.15, 0.2) is 12.3 Å². The highest BCUT2D eigenvalue weighted by atomic mass is 16.5. The summed E-state index contributed by atoms with van der Waals surface area (Å²) in [5, 5.41) is 7.32. The molecule has 132 valence electrons. The summed E-state index contributed by atoms with van der Waals surface area (Å²) in [7, 11) is 1.76. The number of likely N-dealkylation sites (tertiary alicyclic amines) is 1. The van der Waals surface area contributed by atoms with Crippen molar-refractivity contribution in [3.05, 3.63) is 41.0 Å². The molecule has 4 rings (SSSR count). The molecule has 8 nitrogen and oxygen atoms in total. The summed E-state index contributed by atoms with van der Waals surface area (Å²) < 4.78 is 7.72. The van der Waals surface area contributed by atoms with Crippen LogP contribution in [-0.2, 0) is 11.3 Å². The number of H-pyrrole nitrogens is 1. The predicted octanol–water partition coefficient (Wildman–Crippen LogP) is 1.73. The quantitative estimate of drug-likeness (QED) is 0.778. The molecule has 0 unspecified atom stereocenters. The van der Waals surface area contributed by atoms with Crippen LogP contribution in [0, 0.1) is 20.8 Å². The average molecular weight is 341 g/mol. The van der Waals surface area contributed by atoms with Crippen molar-refractivity contribution in [2.24, 2.45) is 0 Å². The number of aryl methyl sites for hydroxylation is 3. The van der Waals surface area contributed by atoms with Crippen LogP contribution in [0.3, 0.4) is 0 Å². The van der Waals surface area contributed by atoms with Gasteiger partial charge in [0.15, 0.2) is 5.82 Å². The lowest BCUT2D eigenvalue weighted by Crippen LogP contribution is -2.26. The molecule has 0 aromatic carbocycles. The van der Waals surface area contributed by atoms with Crippen LogP contribution < -0.4 is 0 Å². The molecule has 1 fully saturated rings. The molecule has 0 spiro atoms. The van der Waals surface area contributed by atoms with E-state index in [0.717, 1.165) is 54.0 Å². The summed E-state index contributed by atoms with van der Waals surface area (Å²) in [6.07, 6.45) is 2.99. The van der Waals surface area contributed by atoms with Gasteiger partial charge in [0.05, 0.1) is 24.0 Å². The zero-order valence-corrected chi connectivity index (χ0v) is 15.0. The second kappa shape index (κ2) is 6.20. The number of imidazole rings is 1. The Hall–Kier alpha value is -2.32. The number of hydrogen-bond donors (Lipinski definition) is 1. The number of methoxy groups -OCH3 is 1. The minimum Gasteiger partial charge on any atom is -0.380 e. The number of rotatable bonds is 4. The van der Waals surface area contributed by atoms with Crippen LogP contribution in [-0.4, -0.2) is 54.2 Å². The molecule has 0 radical (unpaired) electrons. The van der Waals surface area contributed by atoms with Gasteiger partial charge in [0.2, 0.25) is 5.78 Å². The second-order valence-electron chi connectivity index (χ2n) is 6.74. The molecular formula is C17H23N7O. The normalized spacial score (nSPS) is 21.4. The van der Waals surface area contributed by atoms with Gasteiger partial charge in [0.1, 0.15) is 5.82 Å². The fraction of sp³-hybridized carbons (Fsp3) is 0.529. The Morgan fingerprint density at radius 1 is 1.28 bits per heavy atom. The predicted molar refractivity (Wildman–Crippen MR) is 92.1 cm³/mol. The summed E-state index contributed by atoms with van der Waals surface area (Å²) >= 11 is 0. The minimum absolute atomic E-state index is 0.138. The fourth-order valence-electron chi connectivity index (χ4n) is 3.70. The van der Waals surface area contributed by atoms with Gasteiger partial charge in [0, 0.05) is 31.6 Å². The Morgan fingerprint density at radius 2 is 2.12 bits per heavy atom. The summed E-state index contributed by atoms with van der Waals surface area (Å²) in [6.45, 7) is 7.61. The first-order valence-corrected chi connectivity index (χ1v) is 8.51. The molecule has 2 atom stereocenters. The maximum atomic E-state index is 5.60. The van der Waals surface area contributed by atoms with E-state index in [1.807, 2.05) is 20.0 Å². The van der Waals surface area contributed by atoms with E-state index in [9.17, 15) is 0 Å². The van der Waals surface area contributed by atoms with Gasteiger partial charge in [-0.1, -0.05) is 0 Å².